The van der Waals surface area contributed by atoms with Crippen molar-refractivity contribution < 1.29 is 4.74 Å². The summed E-state index contributed by atoms with van der Waals surface area (Å²) in [5.41, 5.74) is 1.16. The molecule has 0 fully saturated rings. The van der Waals surface area contributed by atoms with Gasteiger partial charge in [-0.2, -0.15) is 0 Å². The Bertz CT molecular complexity index is 357. The van der Waals surface area contributed by atoms with Gasteiger partial charge in [-0.25, -0.2) is 0 Å². The van der Waals surface area contributed by atoms with Crippen LogP contribution >= 0.6 is 23.2 Å². The monoisotopic (exact) mass is 275 g/mol. The van der Waals surface area contributed by atoms with Crippen LogP contribution < -0.4 is 5.32 Å². The summed E-state index contributed by atoms with van der Waals surface area (Å²) in [6, 6.07) is 6.04. The summed E-state index contributed by atoms with van der Waals surface area (Å²) < 4.78 is 5.11. The molecular weight excluding hydrogens is 257 g/mol. The molecule has 0 spiro atoms. The van der Waals surface area contributed by atoms with Crippen molar-refractivity contribution in [3.8, 4) is 0 Å². The van der Waals surface area contributed by atoms with Crippen molar-refractivity contribution in [1.82, 2.24) is 5.32 Å². The van der Waals surface area contributed by atoms with Gasteiger partial charge in [0.2, 0.25) is 0 Å². The van der Waals surface area contributed by atoms with Gasteiger partial charge in [0.25, 0.3) is 0 Å². The molecule has 1 rings (SSSR count). The van der Waals surface area contributed by atoms with Crippen LogP contribution in [0, 0.1) is 5.92 Å². The van der Waals surface area contributed by atoms with Crippen LogP contribution in [0.5, 0.6) is 0 Å². The molecule has 2 unspecified atom stereocenters. The molecule has 2 atom stereocenters. The van der Waals surface area contributed by atoms with Crippen LogP contribution in [0.2, 0.25) is 10.0 Å². The number of methoxy groups -OCH3 is 1. The quantitative estimate of drug-likeness (QED) is 0.850. The molecule has 0 aliphatic rings. The second kappa shape index (κ2) is 7.22. The second-order valence-corrected chi connectivity index (χ2v) is 5.01. The molecule has 0 heterocycles. The SMILES string of the molecule is CNC(c1ccc(Cl)c(Cl)c1)C(C)CCOC. The first kappa shape index (κ1) is 14.8. The van der Waals surface area contributed by atoms with Gasteiger partial charge >= 0.3 is 0 Å². The molecule has 0 amide bonds. The molecule has 0 saturated heterocycles. The summed E-state index contributed by atoms with van der Waals surface area (Å²) in [7, 11) is 3.68. The van der Waals surface area contributed by atoms with Crippen LogP contribution in [0.15, 0.2) is 18.2 Å². The number of rotatable bonds is 6. The Morgan fingerprint density at radius 1 is 1.29 bits per heavy atom. The van der Waals surface area contributed by atoms with Crippen LogP contribution in [-0.4, -0.2) is 20.8 Å². The number of halogens is 2. The van der Waals surface area contributed by atoms with Gasteiger partial charge in [0, 0.05) is 19.8 Å². The number of hydrogen-bond donors (Lipinski definition) is 1. The van der Waals surface area contributed by atoms with Crippen LogP contribution in [0.4, 0.5) is 0 Å². The molecule has 0 saturated carbocycles. The van der Waals surface area contributed by atoms with E-state index in [4.69, 9.17) is 27.9 Å². The molecule has 2 nitrogen and oxygen atoms in total. The van der Waals surface area contributed by atoms with Crippen molar-refractivity contribution in [2.45, 2.75) is 19.4 Å². The molecule has 0 radical (unpaired) electrons. The van der Waals surface area contributed by atoms with Crippen LogP contribution in [0.3, 0.4) is 0 Å². The minimum absolute atomic E-state index is 0.264. The maximum absolute atomic E-state index is 6.04. The molecule has 1 N–H and O–H groups in total. The first-order valence-electron chi connectivity index (χ1n) is 5.71. The third kappa shape index (κ3) is 4.14. The lowest BCUT2D eigenvalue weighted by Gasteiger charge is -2.24. The molecule has 1 aromatic rings. The zero-order chi connectivity index (χ0) is 12.8. The van der Waals surface area contributed by atoms with Crippen molar-refractivity contribution in [2.75, 3.05) is 20.8 Å². The molecule has 4 heteroatoms. The molecular formula is C13H19Cl2NO. The van der Waals surface area contributed by atoms with Gasteiger partial charge in [0.05, 0.1) is 10.0 Å². The van der Waals surface area contributed by atoms with E-state index in [9.17, 15) is 0 Å². The maximum Gasteiger partial charge on any atom is 0.0595 e. The number of ether oxygens (including phenoxy) is 1. The van der Waals surface area contributed by atoms with E-state index >= 15 is 0 Å². The van der Waals surface area contributed by atoms with Crippen molar-refractivity contribution in [3.63, 3.8) is 0 Å². The molecule has 0 bridgehead atoms. The fourth-order valence-corrected chi connectivity index (χ4v) is 2.26. The van der Waals surface area contributed by atoms with E-state index in [2.05, 4.69) is 12.2 Å². The fourth-order valence-electron chi connectivity index (χ4n) is 1.96. The van der Waals surface area contributed by atoms with E-state index < -0.39 is 0 Å². The van der Waals surface area contributed by atoms with E-state index in [-0.39, 0.29) is 6.04 Å². The van der Waals surface area contributed by atoms with E-state index in [1.807, 2.05) is 25.2 Å². The Kier molecular flexibility index (Phi) is 6.28. The summed E-state index contributed by atoms with van der Waals surface area (Å²) in [6.45, 7) is 2.96. The topological polar surface area (TPSA) is 21.3 Å². The van der Waals surface area contributed by atoms with Gasteiger partial charge in [0.15, 0.2) is 0 Å². The zero-order valence-corrected chi connectivity index (χ0v) is 12.0. The lowest BCUT2D eigenvalue weighted by Crippen LogP contribution is -2.24. The van der Waals surface area contributed by atoms with Crippen LogP contribution in [-0.2, 0) is 4.74 Å². The predicted molar refractivity (Wildman–Crippen MR) is 73.9 cm³/mol. The number of nitrogens with one attached hydrogen (secondary N) is 1. The van der Waals surface area contributed by atoms with Crippen molar-refractivity contribution >= 4 is 23.2 Å². The summed E-state index contributed by atoms with van der Waals surface area (Å²) in [6.07, 6.45) is 1.00. The first-order chi connectivity index (χ1) is 8.10. The fraction of sp³-hybridized carbons (Fsp3) is 0.538. The Morgan fingerprint density at radius 2 is 2.00 bits per heavy atom. The van der Waals surface area contributed by atoms with E-state index in [1.54, 1.807) is 7.11 Å². The van der Waals surface area contributed by atoms with Crippen molar-refractivity contribution in [2.24, 2.45) is 5.92 Å². The van der Waals surface area contributed by atoms with Crippen molar-refractivity contribution in [1.29, 1.82) is 0 Å². The Morgan fingerprint density at radius 3 is 2.53 bits per heavy atom. The average molecular weight is 276 g/mol. The highest BCUT2D eigenvalue weighted by Crippen LogP contribution is 2.29. The minimum atomic E-state index is 0.264. The lowest BCUT2D eigenvalue weighted by molar-refractivity contribution is 0.171. The van der Waals surface area contributed by atoms with Crippen molar-refractivity contribution in [3.05, 3.63) is 33.8 Å². The van der Waals surface area contributed by atoms with Crippen LogP contribution in [0.25, 0.3) is 0 Å². The third-order valence-corrected chi connectivity index (χ3v) is 3.70. The lowest BCUT2D eigenvalue weighted by atomic mass is 9.92. The second-order valence-electron chi connectivity index (χ2n) is 4.20. The van der Waals surface area contributed by atoms with Gasteiger partial charge < -0.3 is 10.1 Å². The summed E-state index contributed by atoms with van der Waals surface area (Å²) >= 11 is 12.0. The predicted octanol–water partition coefficient (Wildman–Crippen LogP) is 3.93. The molecule has 17 heavy (non-hydrogen) atoms. The molecule has 0 aliphatic heterocycles. The normalized spacial score (nSPS) is 14.6. The maximum atomic E-state index is 6.04. The Balaban J connectivity index is 2.81. The van der Waals surface area contributed by atoms with Gasteiger partial charge in [-0.3, -0.25) is 0 Å². The molecule has 1 aromatic carbocycles. The largest absolute Gasteiger partial charge is 0.385 e. The van der Waals surface area contributed by atoms with Gasteiger partial charge in [-0.1, -0.05) is 36.2 Å². The average Bonchev–Trinajstić information content (AvgIpc) is 2.32. The zero-order valence-electron chi connectivity index (χ0n) is 10.5. The summed E-state index contributed by atoms with van der Waals surface area (Å²) in [5, 5.41) is 4.51. The van der Waals surface area contributed by atoms with Gasteiger partial charge in [-0.15, -0.1) is 0 Å². The highest BCUT2D eigenvalue weighted by molar-refractivity contribution is 6.42. The minimum Gasteiger partial charge on any atom is -0.385 e. The number of benzene rings is 1. The van der Waals surface area contributed by atoms with Crippen LogP contribution in [0.1, 0.15) is 24.9 Å². The van der Waals surface area contributed by atoms with Gasteiger partial charge in [0.1, 0.15) is 0 Å². The summed E-state index contributed by atoms with van der Waals surface area (Å²) in [4.78, 5) is 0. The highest BCUT2D eigenvalue weighted by Gasteiger charge is 2.18. The third-order valence-electron chi connectivity index (χ3n) is 2.96. The van der Waals surface area contributed by atoms with Gasteiger partial charge in [-0.05, 0) is 37.1 Å². The highest BCUT2D eigenvalue weighted by atomic mass is 35.5. The molecule has 96 valence electrons. The smallest absolute Gasteiger partial charge is 0.0595 e. The molecule has 0 aromatic heterocycles. The van der Waals surface area contributed by atoms with E-state index in [0.29, 0.717) is 16.0 Å². The standard InChI is InChI=1S/C13H19Cl2NO/c1-9(6-7-17-3)13(16-2)10-4-5-11(14)12(15)8-10/h4-5,8-9,13,16H,6-7H2,1-3H3. The first-order valence-corrected chi connectivity index (χ1v) is 6.47. The number of hydrogen-bond acceptors (Lipinski definition) is 2. The Hall–Kier alpha value is -0.280. The Labute approximate surface area is 113 Å². The van der Waals surface area contributed by atoms with E-state index in [0.717, 1.165) is 18.6 Å². The van der Waals surface area contributed by atoms with E-state index in [1.165, 1.54) is 0 Å². The molecule has 0 aliphatic carbocycles. The summed E-state index contributed by atoms with van der Waals surface area (Å²) in [5.74, 6) is 0.470.